The minimum Gasteiger partial charge on any atom is -0.385 e. The van der Waals surface area contributed by atoms with Crippen molar-refractivity contribution in [1.82, 2.24) is 10.6 Å². The van der Waals surface area contributed by atoms with Crippen LogP contribution < -0.4 is 10.6 Å². The summed E-state index contributed by atoms with van der Waals surface area (Å²) >= 11 is 12.0. The zero-order chi connectivity index (χ0) is 19.6. The van der Waals surface area contributed by atoms with E-state index in [1.807, 2.05) is 30.3 Å². The number of carbonyl (C=O) groups is 2. The Balaban J connectivity index is 2.20. The lowest BCUT2D eigenvalue weighted by atomic mass is 10.1. The Morgan fingerprint density at radius 1 is 1.11 bits per heavy atom. The predicted molar refractivity (Wildman–Crippen MR) is 108 cm³/mol. The van der Waals surface area contributed by atoms with Crippen molar-refractivity contribution in [2.75, 3.05) is 20.3 Å². The Bertz CT molecular complexity index is 823. The number of halogens is 2. The molecule has 27 heavy (non-hydrogen) atoms. The minimum absolute atomic E-state index is 0.120. The summed E-state index contributed by atoms with van der Waals surface area (Å²) in [5.41, 5.74) is 1.13. The van der Waals surface area contributed by atoms with Gasteiger partial charge in [0.2, 0.25) is 0 Å². The molecule has 2 aromatic rings. The molecule has 0 fully saturated rings. The second-order valence-corrected chi connectivity index (χ2v) is 6.49. The molecule has 2 aromatic carbocycles. The Morgan fingerprint density at radius 3 is 2.52 bits per heavy atom. The lowest BCUT2D eigenvalue weighted by Crippen LogP contribution is -2.35. The molecule has 0 radical (unpaired) electrons. The van der Waals surface area contributed by atoms with Gasteiger partial charge in [-0.1, -0.05) is 53.5 Å². The van der Waals surface area contributed by atoms with Crippen molar-refractivity contribution >= 4 is 41.1 Å². The van der Waals surface area contributed by atoms with Gasteiger partial charge >= 0.3 is 0 Å². The standard InChI is InChI=1S/C20H20Cl2N2O3/c1-27-11-5-10-23-20(26)18(12-14-6-3-2-4-7-14)24-19(25)16-9-8-15(21)13-17(16)22/h2-4,6-9,12-13H,5,10-11H2,1H3,(H,23,26)(H,24,25)/b18-12+. The molecular weight excluding hydrogens is 387 g/mol. The second kappa shape index (κ2) is 10.7. The summed E-state index contributed by atoms with van der Waals surface area (Å²) in [7, 11) is 1.60. The van der Waals surface area contributed by atoms with Crippen molar-refractivity contribution in [1.29, 1.82) is 0 Å². The highest BCUT2D eigenvalue weighted by atomic mass is 35.5. The third kappa shape index (κ3) is 6.71. The van der Waals surface area contributed by atoms with Crippen LogP contribution in [0.25, 0.3) is 6.08 Å². The summed E-state index contributed by atoms with van der Waals surface area (Å²) in [5.74, 6) is -0.890. The zero-order valence-electron chi connectivity index (χ0n) is 14.8. The van der Waals surface area contributed by atoms with Crippen LogP contribution in [0, 0.1) is 0 Å². The van der Waals surface area contributed by atoms with E-state index in [1.165, 1.54) is 12.1 Å². The van der Waals surface area contributed by atoms with E-state index in [1.54, 1.807) is 19.3 Å². The van der Waals surface area contributed by atoms with Gasteiger partial charge in [0.1, 0.15) is 5.70 Å². The van der Waals surface area contributed by atoms with Crippen LogP contribution in [0.4, 0.5) is 0 Å². The third-order valence-electron chi connectivity index (χ3n) is 3.59. The van der Waals surface area contributed by atoms with E-state index in [4.69, 9.17) is 27.9 Å². The van der Waals surface area contributed by atoms with Gasteiger partial charge in [0.15, 0.2) is 0 Å². The number of rotatable bonds is 8. The fraction of sp³-hybridized carbons (Fsp3) is 0.200. The normalized spacial score (nSPS) is 11.1. The maximum atomic E-state index is 12.6. The van der Waals surface area contributed by atoms with Crippen LogP contribution in [0.1, 0.15) is 22.3 Å². The molecule has 0 aliphatic carbocycles. The largest absolute Gasteiger partial charge is 0.385 e. The van der Waals surface area contributed by atoms with Crippen molar-refractivity contribution in [3.05, 3.63) is 75.4 Å². The van der Waals surface area contributed by atoms with Crippen LogP contribution in [0.15, 0.2) is 54.2 Å². The van der Waals surface area contributed by atoms with Gasteiger partial charge in [0.05, 0.1) is 10.6 Å². The summed E-state index contributed by atoms with van der Waals surface area (Å²) < 4.78 is 4.96. The topological polar surface area (TPSA) is 67.4 Å². The van der Waals surface area contributed by atoms with Crippen molar-refractivity contribution in [3.8, 4) is 0 Å². The first-order chi connectivity index (χ1) is 13.0. The number of hydrogen-bond acceptors (Lipinski definition) is 3. The van der Waals surface area contributed by atoms with Gasteiger partial charge in [-0.2, -0.15) is 0 Å². The van der Waals surface area contributed by atoms with Crippen LogP contribution in [0.2, 0.25) is 10.0 Å². The van der Waals surface area contributed by atoms with Crippen molar-refractivity contribution < 1.29 is 14.3 Å². The Morgan fingerprint density at radius 2 is 1.85 bits per heavy atom. The van der Waals surface area contributed by atoms with Crippen LogP contribution in [-0.4, -0.2) is 32.1 Å². The first-order valence-corrected chi connectivity index (χ1v) is 9.07. The van der Waals surface area contributed by atoms with Gasteiger partial charge < -0.3 is 15.4 Å². The number of hydrogen-bond donors (Lipinski definition) is 2. The van der Waals surface area contributed by atoms with Gasteiger partial charge in [0.25, 0.3) is 11.8 Å². The molecule has 0 aliphatic heterocycles. The summed E-state index contributed by atoms with van der Waals surface area (Å²) in [4.78, 5) is 25.1. The predicted octanol–water partition coefficient (Wildman–Crippen LogP) is 3.92. The fourth-order valence-corrected chi connectivity index (χ4v) is 2.75. The average Bonchev–Trinajstić information content (AvgIpc) is 2.65. The number of benzene rings is 2. The SMILES string of the molecule is COCCCNC(=O)/C(=C\c1ccccc1)NC(=O)c1ccc(Cl)cc1Cl. The van der Waals surface area contributed by atoms with Gasteiger partial charge in [-0.25, -0.2) is 0 Å². The van der Waals surface area contributed by atoms with Crippen molar-refractivity contribution in [2.45, 2.75) is 6.42 Å². The molecule has 7 heteroatoms. The summed E-state index contributed by atoms with van der Waals surface area (Å²) in [6, 6.07) is 13.8. The quantitative estimate of drug-likeness (QED) is 0.515. The molecular formula is C20H20Cl2N2O3. The molecule has 0 saturated carbocycles. The van der Waals surface area contributed by atoms with Crippen LogP contribution in [0.5, 0.6) is 0 Å². The molecule has 142 valence electrons. The summed E-state index contributed by atoms with van der Waals surface area (Å²) in [6.45, 7) is 0.959. The van der Waals surface area contributed by atoms with Crippen LogP contribution in [0.3, 0.4) is 0 Å². The number of ether oxygens (including phenoxy) is 1. The Hall–Kier alpha value is -2.34. The lowest BCUT2D eigenvalue weighted by Gasteiger charge is -2.12. The number of amides is 2. The number of carbonyl (C=O) groups excluding carboxylic acids is 2. The Kier molecular flexibility index (Phi) is 8.33. The van der Waals surface area contributed by atoms with E-state index < -0.39 is 11.8 Å². The summed E-state index contributed by atoms with van der Waals surface area (Å²) in [6.07, 6.45) is 2.27. The monoisotopic (exact) mass is 406 g/mol. The van der Waals surface area contributed by atoms with Crippen molar-refractivity contribution in [3.63, 3.8) is 0 Å². The number of methoxy groups -OCH3 is 1. The highest BCUT2D eigenvalue weighted by Crippen LogP contribution is 2.21. The van der Waals surface area contributed by atoms with E-state index >= 15 is 0 Å². The minimum atomic E-state index is -0.495. The molecule has 0 aliphatic rings. The average molecular weight is 407 g/mol. The molecule has 0 atom stereocenters. The fourth-order valence-electron chi connectivity index (χ4n) is 2.25. The smallest absolute Gasteiger partial charge is 0.267 e. The van der Waals surface area contributed by atoms with Gasteiger partial charge in [0, 0.05) is 25.3 Å². The molecule has 0 heterocycles. The molecule has 5 nitrogen and oxygen atoms in total. The van der Waals surface area contributed by atoms with Crippen LogP contribution >= 0.6 is 23.2 Å². The molecule has 0 saturated heterocycles. The maximum absolute atomic E-state index is 12.6. The van der Waals surface area contributed by atoms with E-state index in [0.29, 0.717) is 24.6 Å². The maximum Gasteiger partial charge on any atom is 0.267 e. The van der Waals surface area contributed by atoms with E-state index in [2.05, 4.69) is 10.6 Å². The molecule has 2 amide bonds. The van der Waals surface area contributed by atoms with Crippen LogP contribution in [-0.2, 0) is 9.53 Å². The first kappa shape index (κ1) is 21.0. The van der Waals surface area contributed by atoms with Gasteiger partial charge in [-0.3, -0.25) is 9.59 Å². The summed E-state index contributed by atoms with van der Waals surface area (Å²) in [5, 5.41) is 6.03. The highest BCUT2D eigenvalue weighted by Gasteiger charge is 2.16. The van der Waals surface area contributed by atoms with E-state index in [-0.39, 0.29) is 16.3 Å². The molecule has 0 aromatic heterocycles. The van der Waals surface area contributed by atoms with E-state index in [9.17, 15) is 9.59 Å². The Labute approximate surface area is 168 Å². The highest BCUT2D eigenvalue weighted by molar-refractivity contribution is 6.36. The first-order valence-electron chi connectivity index (χ1n) is 8.31. The molecule has 2 N–H and O–H groups in total. The lowest BCUT2D eigenvalue weighted by molar-refractivity contribution is -0.117. The zero-order valence-corrected chi connectivity index (χ0v) is 16.3. The number of nitrogens with one attached hydrogen (secondary N) is 2. The third-order valence-corrected chi connectivity index (χ3v) is 4.14. The molecule has 0 unspecified atom stereocenters. The van der Waals surface area contributed by atoms with Gasteiger partial charge in [-0.05, 0) is 36.3 Å². The molecule has 0 bridgehead atoms. The molecule has 0 spiro atoms. The second-order valence-electron chi connectivity index (χ2n) is 5.65. The molecule has 2 rings (SSSR count). The van der Waals surface area contributed by atoms with Gasteiger partial charge in [-0.15, -0.1) is 0 Å². The van der Waals surface area contributed by atoms with E-state index in [0.717, 1.165) is 5.56 Å². The van der Waals surface area contributed by atoms with Crippen molar-refractivity contribution in [2.24, 2.45) is 0 Å².